The quantitative estimate of drug-likeness (QED) is 0.201. The lowest BCUT2D eigenvalue weighted by Gasteiger charge is -2.30. The van der Waals surface area contributed by atoms with Gasteiger partial charge in [-0.2, -0.15) is 0 Å². The summed E-state index contributed by atoms with van der Waals surface area (Å²) in [7, 11) is 0. The van der Waals surface area contributed by atoms with E-state index >= 15 is 8.78 Å². The summed E-state index contributed by atoms with van der Waals surface area (Å²) in [4.78, 5) is 48.5. The molecule has 3 fully saturated rings. The Morgan fingerprint density at radius 1 is 1.00 bits per heavy atom. The Bertz CT molecular complexity index is 1810. The number of fused-ring (bicyclic) bond motifs is 5. The monoisotopic (exact) mass is 654 g/mol. The minimum Gasteiger partial charge on any atom is -0.463 e. The van der Waals surface area contributed by atoms with E-state index in [2.05, 4.69) is 29.9 Å². The van der Waals surface area contributed by atoms with Gasteiger partial charge < -0.3 is 35.1 Å². The largest absolute Gasteiger partial charge is 0.463 e. The molecule has 234 valence electrons. The number of nitrogens with two attached hydrogens (primary N) is 2. The minimum atomic E-state index is -4.26. The van der Waals surface area contributed by atoms with Crippen LogP contribution >= 0.6 is 6.72 Å². The number of nitrogen functional groups attached to an aromatic ring is 2. The highest BCUT2D eigenvalue weighted by atomic mass is 32.5. The Hall–Kier alpha value is -3.52. The van der Waals surface area contributed by atoms with Gasteiger partial charge in [0.15, 0.2) is 34.8 Å². The number of ether oxygens (including phenoxy) is 3. The first-order chi connectivity index (χ1) is 20.9. The van der Waals surface area contributed by atoms with Gasteiger partial charge in [-0.15, -0.1) is 0 Å². The van der Waals surface area contributed by atoms with Crippen LogP contribution in [0, 0.1) is 5.92 Å². The molecule has 7 heterocycles. The third-order valence-corrected chi connectivity index (χ3v) is 9.43. The predicted molar refractivity (Wildman–Crippen MR) is 148 cm³/mol. The third-order valence-electron chi connectivity index (χ3n) is 7.89. The number of nitrogens with zero attached hydrogens (tertiary/aromatic N) is 8. The van der Waals surface area contributed by atoms with Gasteiger partial charge in [0, 0.05) is 5.92 Å². The van der Waals surface area contributed by atoms with Gasteiger partial charge >= 0.3 is 12.7 Å². The molecule has 3 aliphatic rings. The number of carbonyl (C=O) groups is 1. The molecule has 3 aliphatic heterocycles. The van der Waals surface area contributed by atoms with Crippen molar-refractivity contribution < 1.29 is 41.7 Å². The van der Waals surface area contributed by atoms with Crippen LogP contribution in [0.4, 0.5) is 20.4 Å². The molecule has 0 amide bonds. The number of carbonyl (C=O) groups excluding carboxylic acids is 1. The topological polar surface area (TPSA) is 223 Å². The van der Waals surface area contributed by atoms with Crippen molar-refractivity contribution in [2.24, 2.45) is 5.92 Å². The molecule has 0 aromatic carbocycles. The lowest BCUT2D eigenvalue weighted by molar-refractivity contribution is -0.152. The zero-order chi connectivity index (χ0) is 31.0. The standard InChI is InChI=1S/C23H25F2N10O7PS/c1-23(25)16-11(41-22(23)35-8-33-15-18(27)29-6-31-20(15)35)3-38-12(36)2-9-13(24)10(4-39-43(37,44)42-16)40-21(9)34-7-32-14-17(26)28-5-30-19(14)34/h5-11,13,16,21-22H,2-4H2,1H3,(H,37,44)(H2,26,28,30)(H2,27,29,31)/t9-,10-,11-,13+,16-,21-,22-,23-,43?/m1/s1. The summed E-state index contributed by atoms with van der Waals surface area (Å²) in [5.74, 6) is -1.76. The molecule has 0 saturated carbocycles. The maximum atomic E-state index is 16.6. The van der Waals surface area contributed by atoms with Gasteiger partial charge in [-0.3, -0.25) is 18.5 Å². The number of anilines is 2. The molecule has 2 bridgehead atoms. The maximum Gasteiger partial charge on any atom is 0.325 e. The molecule has 9 atom stereocenters. The summed E-state index contributed by atoms with van der Waals surface area (Å²) < 4.78 is 63.7. The van der Waals surface area contributed by atoms with E-state index in [0.29, 0.717) is 0 Å². The molecular formula is C23H25F2N10O7PS. The van der Waals surface area contributed by atoms with E-state index in [0.717, 1.165) is 6.92 Å². The second-order valence-electron chi connectivity index (χ2n) is 10.7. The fraction of sp³-hybridized carbons (Fsp3) is 0.522. The first kappa shape index (κ1) is 29.2. The summed E-state index contributed by atoms with van der Waals surface area (Å²) in [5.41, 5.74) is 10.3. The molecule has 21 heteroatoms. The number of cyclic esters (lactones) is 1. The van der Waals surface area contributed by atoms with Gasteiger partial charge in [-0.05, 0) is 18.7 Å². The van der Waals surface area contributed by atoms with Gasteiger partial charge in [0.1, 0.15) is 61.0 Å². The minimum absolute atomic E-state index is 0.0697. The number of alkyl halides is 2. The van der Waals surface area contributed by atoms with Gasteiger partial charge in [-0.1, -0.05) is 0 Å². The van der Waals surface area contributed by atoms with Crippen LogP contribution in [0.1, 0.15) is 25.8 Å². The zero-order valence-electron chi connectivity index (χ0n) is 22.7. The summed E-state index contributed by atoms with van der Waals surface area (Å²) >= 11 is 5.19. The van der Waals surface area contributed by atoms with E-state index < -0.39 is 80.8 Å². The van der Waals surface area contributed by atoms with Crippen molar-refractivity contribution in [2.75, 3.05) is 24.7 Å². The van der Waals surface area contributed by atoms with Crippen LogP contribution in [-0.4, -0.2) is 93.3 Å². The molecule has 5 N–H and O–H groups in total. The highest BCUT2D eigenvalue weighted by molar-refractivity contribution is 8.07. The van der Waals surface area contributed by atoms with E-state index in [-0.39, 0.29) is 34.0 Å². The van der Waals surface area contributed by atoms with Crippen LogP contribution in [0.2, 0.25) is 0 Å². The van der Waals surface area contributed by atoms with Crippen LogP contribution in [0.5, 0.6) is 0 Å². The smallest absolute Gasteiger partial charge is 0.325 e. The lowest BCUT2D eigenvalue weighted by atomic mass is 9.97. The fourth-order valence-electron chi connectivity index (χ4n) is 5.78. The molecule has 0 spiro atoms. The Labute approximate surface area is 251 Å². The van der Waals surface area contributed by atoms with Crippen LogP contribution in [0.15, 0.2) is 25.3 Å². The number of hydrogen-bond acceptors (Lipinski definition) is 15. The molecule has 7 rings (SSSR count). The van der Waals surface area contributed by atoms with E-state index in [1.807, 2.05) is 0 Å². The molecule has 0 aliphatic carbocycles. The first-order valence-electron chi connectivity index (χ1n) is 13.3. The van der Waals surface area contributed by atoms with Crippen molar-refractivity contribution in [3.63, 3.8) is 0 Å². The van der Waals surface area contributed by atoms with Crippen LogP contribution in [0.3, 0.4) is 0 Å². The Balaban J connectivity index is 1.20. The molecule has 0 radical (unpaired) electrons. The highest BCUT2D eigenvalue weighted by Gasteiger charge is 2.59. The van der Waals surface area contributed by atoms with Crippen molar-refractivity contribution in [3.8, 4) is 0 Å². The van der Waals surface area contributed by atoms with Gasteiger partial charge in [0.25, 0.3) is 0 Å². The van der Waals surface area contributed by atoms with Crippen molar-refractivity contribution >= 4 is 58.5 Å². The average molecular weight is 655 g/mol. The van der Waals surface area contributed by atoms with E-state index in [1.54, 1.807) is 0 Å². The van der Waals surface area contributed by atoms with Gasteiger partial charge in [0.05, 0.1) is 25.7 Å². The number of halogens is 2. The zero-order valence-corrected chi connectivity index (χ0v) is 24.4. The van der Waals surface area contributed by atoms with E-state index in [9.17, 15) is 9.69 Å². The summed E-state index contributed by atoms with van der Waals surface area (Å²) in [6.45, 7) is -4.21. The van der Waals surface area contributed by atoms with E-state index in [4.69, 9.17) is 46.5 Å². The fourth-order valence-corrected chi connectivity index (χ4v) is 7.27. The Morgan fingerprint density at radius 2 is 1.64 bits per heavy atom. The van der Waals surface area contributed by atoms with E-state index in [1.165, 1.54) is 34.4 Å². The number of aromatic nitrogens is 8. The molecule has 44 heavy (non-hydrogen) atoms. The normalized spacial score (nSPS) is 36.5. The third kappa shape index (κ3) is 4.77. The number of hydrogen-bond donors (Lipinski definition) is 3. The van der Waals surface area contributed by atoms with Crippen LogP contribution in [-0.2, 0) is 39.9 Å². The number of imidazole rings is 2. The highest BCUT2D eigenvalue weighted by Crippen LogP contribution is 2.54. The maximum absolute atomic E-state index is 16.6. The van der Waals surface area contributed by atoms with Crippen molar-refractivity contribution in [1.82, 2.24) is 39.0 Å². The van der Waals surface area contributed by atoms with Crippen LogP contribution in [0.25, 0.3) is 22.3 Å². The van der Waals surface area contributed by atoms with Crippen LogP contribution < -0.4 is 11.5 Å². The second-order valence-corrected chi connectivity index (χ2v) is 13.5. The SMILES string of the molecule is C[C@@]1(F)[C@@H]2OP(O)(=S)OC[C@H]3O[C@@H](n4cnc5c(N)ncnc54)[C@H](CC(=O)OC[C@H]2O[C@H]1n1cnc2c(N)ncnc21)[C@@H]3F. The number of esters is 1. The Morgan fingerprint density at radius 3 is 2.32 bits per heavy atom. The summed E-state index contributed by atoms with van der Waals surface area (Å²) in [6, 6.07) is 0. The average Bonchev–Trinajstić information content (AvgIpc) is 3.72. The molecule has 3 saturated heterocycles. The summed E-state index contributed by atoms with van der Waals surface area (Å²) in [6.07, 6.45) is -3.93. The van der Waals surface area contributed by atoms with Gasteiger partial charge in [-0.25, -0.2) is 38.7 Å². The molecular weight excluding hydrogens is 629 g/mol. The number of rotatable bonds is 2. The predicted octanol–water partition coefficient (Wildman–Crippen LogP) is 0.873. The van der Waals surface area contributed by atoms with Gasteiger partial charge in [0.2, 0.25) is 0 Å². The Kier molecular flexibility index (Phi) is 6.99. The lowest BCUT2D eigenvalue weighted by Crippen LogP contribution is -2.42. The first-order valence-corrected chi connectivity index (χ1v) is 15.8. The second kappa shape index (κ2) is 10.5. The molecule has 4 aromatic heterocycles. The molecule has 4 aromatic rings. The summed E-state index contributed by atoms with van der Waals surface area (Å²) in [5, 5.41) is 0. The van der Waals surface area contributed by atoms with Crippen molar-refractivity contribution in [1.29, 1.82) is 0 Å². The molecule has 1 unspecified atom stereocenters. The van der Waals surface area contributed by atoms with Crippen molar-refractivity contribution in [3.05, 3.63) is 25.3 Å². The molecule has 17 nitrogen and oxygen atoms in total. The van der Waals surface area contributed by atoms with Crippen molar-refractivity contribution in [2.45, 2.75) is 56.0 Å².